The molecule has 4 rings (SSSR count). The van der Waals surface area contributed by atoms with Crippen LogP contribution < -0.4 is 9.64 Å². The van der Waals surface area contributed by atoms with Gasteiger partial charge in [0.05, 0.1) is 7.11 Å². The van der Waals surface area contributed by atoms with Gasteiger partial charge in [-0.25, -0.2) is 4.39 Å². The average Bonchev–Trinajstić information content (AvgIpc) is 3.24. The van der Waals surface area contributed by atoms with E-state index in [2.05, 4.69) is 14.5 Å². The van der Waals surface area contributed by atoms with Crippen LogP contribution in [0.4, 0.5) is 10.1 Å². The van der Waals surface area contributed by atoms with Gasteiger partial charge in [-0.15, -0.1) is 5.10 Å². The number of halogens is 1. The summed E-state index contributed by atoms with van der Waals surface area (Å²) in [4.78, 5) is 17.6. The Bertz CT molecular complexity index is 968. The van der Waals surface area contributed by atoms with E-state index in [9.17, 15) is 9.18 Å². The molecule has 2 heterocycles. The first kappa shape index (κ1) is 18.4. The maximum atomic E-state index is 13.1. The van der Waals surface area contributed by atoms with E-state index in [1.54, 1.807) is 19.2 Å². The molecule has 0 N–H and O–H groups in total. The molecule has 1 amide bonds. The lowest BCUT2D eigenvalue weighted by Gasteiger charge is -2.36. The van der Waals surface area contributed by atoms with E-state index < -0.39 is 0 Å². The van der Waals surface area contributed by atoms with Crippen molar-refractivity contribution in [3.8, 4) is 17.0 Å². The van der Waals surface area contributed by atoms with Gasteiger partial charge < -0.3 is 14.5 Å². The summed E-state index contributed by atoms with van der Waals surface area (Å²) in [7, 11) is 1.60. The maximum absolute atomic E-state index is 13.1. The number of benzene rings is 2. The summed E-state index contributed by atoms with van der Waals surface area (Å²) in [6.07, 6.45) is 0. The molecule has 0 unspecified atom stereocenters. The van der Waals surface area contributed by atoms with Crippen LogP contribution in [0.15, 0.2) is 48.5 Å². The molecule has 28 heavy (non-hydrogen) atoms. The number of carbonyl (C=O) groups excluding carboxylic acids is 1. The van der Waals surface area contributed by atoms with Gasteiger partial charge in [0.15, 0.2) is 0 Å². The number of rotatable bonds is 4. The molecule has 1 aliphatic rings. The van der Waals surface area contributed by atoms with Crippen LogP contribution in [-0.4, -0.2) is 53.7 Å². The Kier molecular flexibility index (Phi) is 5.21. The van der Waals surface area contributed by atoms with Crippen molar-refractivity contribution < 1.29 is 13.9 Å². The highest BCUT2D eigenvalue weighted by atomic mass is 32.1. The minimum atomic E-state index is -0.250. The zero-order valence-electron chi connectivity index (χ0n) is 15.3. The lowest BCUT2D eigenvalue weighted by atomic mass is 10.1. The van der Waals surface area contributed by atoms with Gasteiger partial charge in [-0.3, -0.25) is 4.79 Å². The van der Waals surface area contributed by atoms with E-state index in [0.29, 0.717) is 42.5 Å². The standard InChI is InChI=1S/C20H19FN4O2S/c1-27-17-4-2-3-14(13-17)18-19(28-23-22-18)20(26)25-11-9-24(10-12-25)16-7-5-15(21)6-8-16/h2-8,13H,9-12H2,1H3. The van der Waals surface area contributed by atoms with Crippen molar-refractivity contribution in [1.82, 2.24) is 14.5 Å². The molecule has 0 saturated carbocycles. The summed E-state index contributed by atoms with van der Waals surface area (Å²) >= 11 is 1.11. The van der Waals surface area contributed by atoms with Crippen molar-refractivity contribution in [2.24, 2.45) is 0 Å². The summed E-state index contributed by atoms with van der Waals surface area (Å²) in [5.74, 6) is 0.392. The van der Waals surface area contributed by atoms with Crippen molar-refractivity contribution >= 4 is 23.1 Å². The Hall–Kier alpha value is -3.00. The van der Waals surface area contributed by atoms with Crippen molar-refractivity contribution in [1.29, 1.82) is 0 Å². The molecule has 2 aromatic carbocycles. The molecule has 0 aliphatic carbocycles. The molecule has 6 nitrogen and oxygen atoms in total. The van der Waals surface area contributed by atoms with E-state index in [4.69, 9.17) is 4.74 Å². The van der Waals surface area contributed by atoms with E-state index in [1.165, 1.54) is 12.1 Å². The normalized spacial score (nSPS) is 14.2. The maximum Gasteiger partial charge on any atom is 0.268 e. The molecule has 0 atom stereocenters. The van der Waals surface area contributed by atoms with Gasteiger partial charge in [-0.05, 0) is 47.9 Å². The Balaban J connectivity index is 1.48. The molecule has 0 radical (unpaired) electrons. The number of carbonyl (C=O) groups is 1. The summed E-state index contributed by atoms with van der Waals surface area (Å²) in [5.41, 5.74) is 2.35. The first-order valence-corrected chi connectivity index (χ1v) is 9.69. The molecule has 144 valence electrons. The summed E-state index contributed by atoms with van der Waals surface area (Å²) in [5, 5.41) is 4.17. The minimum Gasteiger partial charge on any atom is -0.497 e. The topological polar surface area (TPSA) is 58.6 Å². The molecule has 1 aromatic heterocycles. The van der Waals surface area contributed by atoms with Crippen molar-refractivity contribution in [2.75, 3.05) is 38.2 Å². The molecular formula is C20H19FN4O2S. The number of amides is 1. The van der Waals surface area contributed by atoms with Crippen molar-refractivity contribution in [2.45, 2.75) is 0 Å². The van der Waals surface area contributed by atoms with Gasteiger partial charge >= 0.3 is 0 Å². The third-order valence-electron chi connectivity index (χ3n) is 4.78. The Morgan fingerprint density at radius 2 is 1.86 bits per heavy atom. The smallest absolute Gasteiger partial charge is 0.268 e. The predicted octanol–water partition coefficient (Wildman–Crippen LogP) is 3.32. The van der Waals surface area contributed by atoms with Crippen LogP contribution in [0.5, 0.6) is 5.75 Å². The first-order valence-electron chi connectivity index (χ1n) is 8.92. The SMILES string of the molecule is COc1cccc(-c2nnsc2C(=O)N2CCN(c3ccc(F)cc3)CC2)c1. The van der Waals surface area contributed by atoms with Gasteiger partial charge in [0.25, 0.3) is 5.91 Å². The molecule has 1 saturated heterocycles. The second-order valence-corrected chi connectivity index (χ2v) is 7.19. The van der Waals surface area contributed by atoms with Gasteiger partial charge in [0, 0.05) is 37.4 Å². The van der Waals surface area contributed by atoms with Gasteiger partial charge in [0.1, 0.15) is 22.1 Å². The van der Waals surface area contributed by atoms with Crippen LogP contribution >= 0.6 is 11.5 Å². The largest absolute Gasteiger partial charge is 0.497 e. The number of anilines is 1. The summed E-state index contributed by atoms with van der Waals surface area (Å²) in [6.45, 7) is 2.56. The third kappa shape index (κ3) is 3.68. The van der Waals surface area contributed by atoms with E-state index in [0.717, 1.165) is 22.8 Å². The molecule has 8 heteroatoms. The highest BCUT2D eigenvalue weighted by Crippen LogP contribution is 2.28. The fraction of sp³-hybridized carbons (Fsp3) is 0.250. The highest BCUT2D eigenvalue weighted by molar-refractivity contribution is 7.08. The highest BCUT2D eigenvalue weighted by Gasteiger charge is 2.27. The lowest BCUT2D eigenvalue weighted by Crippen LogP contribution is -2.48. The van der Waals surface area contributed by atoms with Gasteiger partial charge in [-0.1, -0.05) is 16.6 Å². The summed E-state index contributed by atoms with van der Waals surface area (Å²) < 4.78 is 22.4. The molecule has 3 aromatic rings. The Labute approximate surface area is 166 Å². The zero-order chi connectivity index (χ0) is 19.5. The number of ether oxygens (including phenoxy) is 1. The number of piperazine rings is 1. The molecular weight excluding hydrogens is 379 g/mol. The Morgan fingerprint density at radius 1 is 1.11 bits per heavy atom. The average molecular weight is 398 g/mol. The fourth-order valence-electron chi connectivity index (χ4n) is 3.25. The molecule has 0 spiro atoms. The fourth-order valence-corrected chi connectivity index (χ4v) is 3.91. The Morgan fingerprint density at radius 3 is 2.57 bits per heavy atom. The number of aromatic nitrogens is 2. The second-order valence-electron chi connectivity index (χ2n) is 6.44. The lowest BCUT2D eigenvalue weighted by molar-refractivity contribution is 0.0752. The second kappa shape index (κ2) is 7.93. The third-order valence-corrected chi connectivity index (χ3v) is 5.50. The monoisotopic (exact) mass is 398 g/mol. The zero-order valence-corrected chi connectivity index (χ0v) is 16.2. The van der Waals surface area contributed by atoms with E-state index in [-0.39, 0.29) is 11.7 Å². The number of nitrogens with zero attached hydrogens (tertiary/aromatic N) is 4. The minimum absolute atomic E-state index is 0.0634. The van der Waals surface area contributed by atoms with Crippen LogP contribution in [0.2, 0.25) is 0 Å². The van der Waals surface area contributed by atoms with Crippen LogP contribution in [0.1, 0.15) is 9.67 Å². The molecule has 0 bridgehead atoms. The van der Waals surface area contributed by atoms with E-state index in [1.807, 2.05) is 29.2 Å². The van der Waals surface area contributed by atoms with E-state index >= 15 is 0 Å². The van der Waals surface area contributed by atoms with Crippen LogP contribution in [-0.2, 0) is 0 Å². The first-order chi connectivity index (χ1) is 13.7. The number of hydrogen-bond donors (Lipinski definition) is 0. The van der Waals surface area contributed by atoms with Crippen LogP contribution in [0.3, 0.4) is 0 Å². The van der Waals surface area contributed by atoms with Crippen molar-refractivity contribution in [3.05, 3.63) is 59.2 Å². The number of methoxy groups -OCH3 is 1. The van der Waals surface area contributed by atoms with Gasteiger partial charge in [-0.2, -0.15) is 0 Å². The molecule has 1 fully saturated rings. The van der Waals surface area contributed by atoms with Crippen LogP contribution in [0, 0.1) is 5.82 Å². The van der Waals surface area contributed by atoms with Crippen LogP contribution in [0.25, 0.3) is 11.3 Å². The molecule has 1 aliphatic heterocycles. The quantitative estimate of drug-likeness (QED) is 0.675. The van der Waals surface area contributed by atoms with Gasteiger partial charge in [0.2, 0.25) is 0 Å². The summed E-state index contributed by atoms with van der Waals surface area (Å²) in [6, 6.07) is 13.9. The van der Waals surface area contributed by atoms with Crippen molar-refractivity contribution in [3.63, 3.8) is 0 Å². The number of hydrogen-bond acceptors (Lipinski definition) is 6. The predicted molar refractivity (Wildman–Crippen MR) is 106 cm³/mol.